The lowest BCUT2D eigenvalue weighted by molar-refractivity contribution is -0.127. The lowest BCUT2D eigenvalue weighted by Gasteiger charge is -2.27. The first-order chi connectivity index (χ1) is 15.7. The summed E-state index contributed by atoms with van der Waals surface area (Å²) in [5, 5.41) is 9.51. The van der Waals surface area contributed by atoms with Gasteiger partial charge in [0.05, 0.1) is 18.6 Å². The van der Waals surface area contributed by atoms with Gasteiger partial charge in [0.25, 0.3) is 0 Å². The molecular formula is C25H28N4O2S. The maximum absolute atomic E-state index is 13.3. The lowest BCUT2D eigenvalue weighted by Crippen LogP contribution is -2.32. The molecule has 0 atom stereocenters. The number of nitrogens with zero attached hydrogens (tertiary/aromatic N) is 4. The number of carbonyl (C=O) groups is 1. The highest BCUT2D eigenvalue weighted by atomic mass is 32.2. The molecule has 4 rings (SSSR count). The summed E-state index contributed by atoms with van der Waals surface area (Å²) in [4.78, 5) is 15.1. The van der Waals surface area contributed by atoms with Gasteiger partial charge in [0.2, 0.25) is 5.91 Å². The van der Waals surface area contributed by atoms with Crippen LogP contribution in [-0.2, 0) is 24.3 Å². The van der Waals surface area contributed by atoms with E-state index in [0.717, 1.165) is 41.7 Å². The van der Waals surface area contributed by atoms with E-state index in [0.29, 0.717) is 25.3 Å². The van der Waals surface area contributed by atoms with Gasteiger partial charge in [0.1, 0.15) is 11.6 Å². The van der Waals surface area contributed by atoms with E-state index in [1.807, 2.05) is 45.9 Å². The number of hydrogen-bond acceptors (Lipinski definition) is 5. The first-order valence-electron chi connectivity index (χ1n) is 11.0. The van der Waals surface area contributed by atoms with Gasteiger partial charge in [-0.15, -0.1) is 16.8 Å². The number of carbonyl (C=O) groups excluding carboxylic acids is 1. The van der Waals surface area contributed by atoms with Crippen molar-refractivity contribution in [3.63, 3.8) is 0 Å². The minimum Gasteiger partial charge on any atom is -0.467 e. The third kappa shape index (κ3) is 5.59. The molecule has 3 aromatic rings. The molecule has 2 heterocycles. The Bertz CT molecular complexity index is 1060. The zero-order valence-corrected chi connectivity index (χ0v) is 19.0. The quantitative estimate of drug-likeness (QED) is 0.314. The van der Waals surface area contributed by atoms with Crippen molar-refractivity contribution < 1.29 is 9.21 Å². The number of amides is 1. The van der Waals surface area contributed by atoms with Crippen LogP contribution in [0.3, 0.4) is 0 Å². The van der Waals surface area contributed by atoms with E-state index >= 15 is 0 Å². The second-order valence-corrected chi connectivity index (χ2v) is 8.69. The summed E-state index contributed by atoms with van der Waals surface area (Å²) in [7, 11) is 0. The largest absolute Gasteiger partial charge is 0.467 e. The predicted molar refractivity (Wildman–Crippen MR) is 126 cm³/mol. The molecule has 0 spiro atoms. The summed E-state index contributed by atoms with van der Waals surface area (Å²) >= 11 is 1.42. The van der Waals surface area contributed by atoms with Crippen LogP contribution in [0.15, 0.2) is 82.7 Å². The van der Waals surface area contributed by atoms with Crippen LogP contribution < -0.4 is 0 Å². The Balaban J connectivity index is 1.47. The second kappa shape index (κ2) is 11.0. The van der Waals surface area contributed by atoms with Crippen molar-refractivity contribution in [2.45, 2.75) is 50.4 Å². The minimum absolute atomic E-state index is 0.0531. The molecule has 1 aromatic carbocycles. The third-order valence-corrected chi connectivity index (χ3v) is 6.40. The van der Waals surface area contributed by atoms with Crippen LogP contribution in [0, 0.1) is 0 Å². The van der Waals surface area contributed by atoms with Gasteiger partial charge >= 0.3 is 0 Å². The van der Waals surface area contributed by atoms with E-state index in [4.69, 9.17) is 4.42 Å². The summed E-state index contributed by atoms with van der Waals surface area (Å²) in [6.07, 6.45) is 10.6. The first-order valence-corrected chi connectivity index (χ1v) is 11.9. The van der Waals surface area contributed by atoms with Gasteiger partial charge in [-0.1, -0.05) is 54.2 Å². The fourth-order valence-electron chi connectivity index (χ4n) is 3.83. The Kier molecular flexibility index (Phi) is 7.61. The van der Waals surface area contributed by atoms with Gasteiger partial charge in [0, 0.05) is 18.7 Å². The summed E-state index contributed by atoms with van der Waals surface area (Å²) < 4.78 is 7.55. The Morgan fingerprint density at radius 3 is 2.78 bits per heavy atom. The average Bonchev–Trinajstić information content (AvgIpc) is 3.48. The Morgan fingerprint density at radius 1 is 1.19 bits per heavy atom. The standard InChI is InChI=1S/C25H28N4O2S/c1-2-15-28-23(17-20-10-5-3-6-11-20)26-27-25(28)32-19-24(30)29(18-22-14-9-16-31-22)21-12-7-4-8-13-21/h2-3,5-6,9-12,14,16H,1,4,7-8,13,15,17-19H2. The molecule has 0 fully saturated rings. The molecule has 0 bridgehead atoms. The molecule has 0 N–H and O–H groups in total. The zero-order valence-electron chi connectivity index (χ0n) is 18.2. The van der Waals surface area contributed by atoms with Crippen LogP contribution in [0.1, 0.15) is 42.8 Å². The highest BCUT2D eigenvalue weighted by Crippen LogP contribution is 2.26. The first kappa shape index (κ1) is 22.1. The van der Waals surface area contributed by atoms with Gasteiger partial charge in [-0.2, -0.15) is 0 Å². The number of aromatic nitrogens is 3. The molecule has 0 saturated carbocycles. The Hall–Kier alpha value is -3.06. The Labute approximate surface area is 193 Å². The fourth-order valence-corrected chi connectivity index (χ4v) is 4.67. The van der Waals surface area contributed by atoms with Crippen LogP contribution >= 0.6 is 11.8 Å². The van der Waals surface area contributed by atoms with Crippen molar-refractivity contribution in [3.8, 4) is 0 Å². The summed E-state index contributed by atoms with van der Waals surface area (Å²) in [5.41, 5.74) is 2.27. The number of rotatable bonds is 10. The maximum atomic E-state index is 13.3. The molecule has 0 unspecified atom stereocenters. The zero-order chi connectivity index (χ0) is 22.2. The molecule has 32 heavy (non-hydrogen) atoms. The highest BCUT2D eigenvalue weighted by Gasteiger charge is 2.22. The SMILES string of the molecule is C=CCn1c(Cc2ccccc2)nnc1SCC(=O)N(Cc1ccco1)C1=CCCCC1. The van der Waals surface area contributed by atoms with Crippen LogP contribution in [0.5, 0.6) is 0 Å². The number of thioether (sulfide) groups is 1. The van der Waals surface area contributed by atoms with Crippen LogP contribution in [0.25, 0.3) is 0 Å². The van der Waals surface area contributed by atoms with E-state index in [-0.39, 0.29) is 5.91 Å². The molecular weight excluding hydrogens is 420 g/mol. The van der Waals surface area contributed by atoms with Gasteiger partial charge in [-0.25, -0.2) is 0 Å². The van der Waals surface area contributed by atoms with E-state index < -0.39 is 0 Å². The average molecular weight is 449 g/mol. The van der Waals surface area contributed by atoms with Crippen molar-refractivity contribution in [1.29, 1.82) is 0 Å². The number of hydrogen-bond donors (Lipinski definition) is 0. The molecule has 0 radical (unpaired) electrons. The van der Waals surface area contributed by atoms with Crippen LogP contribution in [0.4, 0.5) is 0 Å². The number of benzene rings is 1. The highest BCUT2D eigenvalue weighted by molar-refractivity contribution is 7.99. The van der Waals surface area contributed by atoms with E-state index in [1.54, 1.807) is 6.26 Å². The minimum atomic E-state index is 0.0531. The molecule has 2 aromatic heterocycles. The normalized spacial score (nSPS) is 13.6. The smallest absolute Gasteiger partial charge is 0.237 e. The molecule has 6 nitrogen and oxygen atoms in total. The molecule has 7 heteroatoms. The molecule has 0 aliphatic heterocycles. The van der Waals surface area contributed by atoms with Gasteiger partial charge in [0.15, 0.2) is 5.16 Å². The van der Waals surface area contributed by atoms with Gasteiger partial charge < -0.3 is 13.9 Å². The third-order valence-electron chi connectivity index (χ3n) is 5.44. The summed E-state index contributed by atoms with van der Waals surface area (Å²) in [6.45, 7) is 4.93. The maximum Gasteiger partial charge on any atom is 0.237 e. The topological polar surface area (TPSA) is 64.2 Å². The predicted octanol–water partition coefficient (Wildman–Crippen LogP) is 5.23. The van der Waals surface area contributed by atoms with Crippen molar-refractivity contribution in [2.75, 3.05) is 5.75 Å². The molecule has 1 aliphatic rings. The monoisotopic (exact) mass is 448 g/mol. The van der Waals surface area contributed by atoms with E-state index in [1.165, 1.54) is 23.7 Å². The van der Waals surface area contributed by atoms with Crippen molar-refractivity contribution in [2.24, 2.45) is 0 Å². The molecule has 1 aliphatic carbocycles. The van der Waals surface area contributed by atoms with E-state index in [2.05, 4.69) is 35.0 Å². The van der Waals surface area contributed by atoms with Crippen molar-refractivity contribution in [3.05, 3.63) is 90.3 Å². The summed E-state index contributed by atoms with van der Waals surface area (Å²) in [5.74, 6) is 2.00. The summed E-state index contributed by atoms with van der Waals surface area (Å²) in [6, 6.07) is 14.0. The van der Waals surface area contributed by atoms with Crippen molar-refractivity contribution >= 4 is 17.7 Å². The lowest BCUT2D eigenvalue weighted by atomic mass is 10.0. The molecule has 0 saturated heterocycles. The Morgan fingerprint density at radius 2 is 2.06 bits per heavy atom. The van der Waals surface area contributed by atoms with Gasteiger partial charge in [-0.3, -0.25) is 4.79 Å². The number of furan rings is 1. The van der Waals surface area contributed by atoms with Gasteiger partial charge in [-0.05, 0) is 43.4 Å². The van der Waals surface area contributed by atoms with Crippen LogP contribution in [-0.4, -0.2) is 31.3 Å². The molecule has 166 valence electrons. The second-order valence-electron chi connectivity index (χ2n) is 7.75. The molecule has 1 amide bonds. The van der Waals surface area contributed by atoms with Crippen LogP contribution in [0.2, 0.25) is 0 Å². The fraction of sp³-hybridized carbons (Fsp3) is 0.320. The number of allylic oxidation sites excluding steroid dienone is 3. The van der Waals surface area contributed by atoms with Crippen molar-refractivity contribution in [1.82, 2.24) is 19.7 Å². The van der Waals surface area contributed by atoms with E-state index in [9.17, 15) is 4.79 Å².